The van der Waals surface area contributed by atoms with E-state index in [-0.39, 0.29) is 19.1 Å². The molecule has 0 saturated carbocycles. The summed E-state index contributed by atoms with van der Waals surface area (Å²) in [5.41, 5.74) is 1.46. The van der Waals surface area contributed by atoms with E-state index in [4.69, 9.17) is 14.3 Å². The minimum Gasteiger partial charge on any atom is -0.484 e. The van der Waals surface area contributed by atoms with Crippen LogP contribution < -0.4 is 10.1 Å². The lowest BCUT2D eigenvalue weighted by Crippen LogP contribution is -2.37. The molecule has 0 aromatic heterocycles. The molecule has 2 aromatic rings. The number of rotatable bonds is 11. The number of oxime groups is 1. The van der Waals surface area contributed by atoms with E-state index in [1.54, 1.807) is 12.1 Å². The first-order valence-corrected chi connectivity index (χ1v) is 14.2. The number of nitrogens with zero attached hydrogens (tertiary/aromatic N) is 2. The van der Waals surface area contributed by atoms with Crippen molar-refractivity contribution in [3.63, 3.8) is 0 Å². The molecule has 2 heterocycles. The summed E-state index contributed by atoms with van der Waals surface area (Å²) in [5.74, 6) is 2.94. The molecule has 4 rings (SSSR count). The molecule has 2 aliphatic heterocycles. The van der Waals surface area contributed by atoms with Crippen LogP contribution in [0.25, 0.3) is 0 Å². The number of hydrogen-bond acceptors (Lipinski definition) is 7. The average molecular weight is 566 g/mol. The number of ether oxygens (including phenoxy) is 2. The van der Waals surface area contributed by atoms with E-state index in [9.17, 15) is 18.0 Å². The van der Waals surface area contributed by atoms with Gasteiger partial charge in [-0.15, -0.1) is 0 Å². The summed E-state index contributed by atoms with van der Waals surface area (Å²) in [6.45, 7) is 4.57. The van der Waals surface area contributed by atoms with Gasteiger partial charge in [-0.05, 0) is 60.7 Å². The molecule has 2 fully saturated rings. The second kappa shape index (κ2) is 14.6. The lowest BCUT2D eigenvalue weighted by Gasteiger charge is -2.26. The number of carbonyl (C=O) groups excluding carboxylic acids is 1. The van der Waals surface area contributed by atoms with Gasteiger partial charge < -0.3 is 19.6 Å². The van der Waals surface area contributed by atoms with Crippen molar-refractivity contribution in [1.82, 2.24) is 10.2 Å². The molecule has 0 atom stereocenters. The van der Waals surface area contributed by atoms with Crippen molar-refractivity contribution in [3.05, 3.63) is 65.2 Å². The Morgan fingerprint density at radius 3 is 2.41 bits per heavy atom. The number of alkyl halides is 3. The zero-order valence-electron chi connectivity index (χ0n) is 21.8. The zero-order chi connectivity index (χ0) is 27.5. The van der Waals surface area contributed by atoms with Crippen LogP contribution >= 0.6 is 11.8 Å². The second-order valence-corrected chi connectivity index (χ2v) is 10.8. The van der Waals surface area contributed by atoms with Crippen LogP contribution in [-0.4, -0.2) is 74.0 Å². The minimum absolute atomic E-state index is 0.0572. The van der Waals surface area contributed by atoms with E-state index >= 15 is 0 Å². The molecule has 212 valence electrons. The topological polar surface area (TPSA) is 72.4 Å². The minimum atomic E-state index is -4.37. The molecule has 2 saturated heterocycles. The van der Waals surface area contributed by atoms with Crippen molar-refractivity contribution >= 4 is 23.4 Å². The molecular weight excluding hydrogens is 531 g/mol. The van der Waals surface area contributed by atoms with Crippen LogP contribution in [0.1, 0.15) is 29.5 Å². The molecule has 7 nitrogen and oxygen atoms in total. The number of nitrogens with one attached hydrogen (secondary N) is 1. The van der Waals surface area contributed by atoms with E-state index in [0.717, 1.165) is 74.1 Å². The maximum Gasteiger partial charge on any atom is 0.416 e. The van der Waals surface area contributed by atoms with E-state index in [1.165, 1.54) is 12.1 Å². The van der Waals surface area contributed by atoms with Gasteiger partial charge in [0.15, 0.2) is 6.61 Å². The summed E-state index contributed by atoms with van der Waals surface area (Å²) < 4.78 is 49.5. The highest BCUT2D eigenvalue weighted by atomic mass is 32.2. The average Bonchev–Trinajstić information content (AvgIpc) is 2.96. The molecule has 2 aromatic carbocycles. The number of halogens is 3. The third-order valence-corrected chi connectivity index (χ3v) is 7.59. The highest BCUT2D eigenvalue weighted by Gasteiger charge is 2.30. The largest absolute Gasteiger partial charge is 0.484 e. The van der Waals surface area contributed by atoms with Crippen molar-refractivity contribution in [2.24, 2.45) is 11.1 Å². The number of carbonyl (C=O) groups is 1. The van der Waals surface area contributed by atoms with Gasteiger partial charge in [0.2, 0.25) is 0 Å². The Bertz CT molecular complexity index is 1070. The van der Waals surface area contributed by atoms with Crippen molar-refractivity contribution in [2.75, 3.05) is 57.5 Å². The third-order valence-electron chi connectivity index (χ3n) is 6.65. The maximum atomic E-state index is 12.8. The summed E-state index contributed by atoms with van der Waals surface area (Å²) in [6, 6.07) is 12.2. The Balaban J connectivity index is 1.32. The first-order valence-electron chi connectivity index (χ1n) is 13.1. The van der Waals surface area contributed by atoms with E-state index in [0.29, 0.717) is 30.3 Å². The smallest absolute Gasteiger partial charge is 0.416 e. The fourth-order valence-electron chi connectivity index (χ4n) is 4.27. The van der Waals surface area contributed by atoms with Crippen molar-refractivity contribution in [3.8, 4) is 5.75 Å². The standard InChI is InChI=1S/C28H34F3N3O4S/c29-28(30,31)24-5-1-22(2-6-24)19-38-33-26(18-34-11-15-39-16-12-34)23-3-7-25(8-4-23)37-20-27(35)32-17-21-9-13-36-14-10-21/h1-8,21H,9-20H2,(H,32,35)/b33-26+. The van der Waals surface area contributed by atoms with Crippen LogP contribution in [0.4, 0.5) is 13.2 Å². The molecular formula is C28H34F3N3O4S. The zero-order valence-corrected chi connectivity index (χ0v) is 22.6. The Morgan fingerprint density at radius 1 is 1.05 bits per heavy atom. The fourth-order valence-corrected chi connectivity index (χ4v) is 5.25. The van der Waals surface area contributed by atoms with Gasteiger partial charge in [-0.2, -0.15) is 24.9 Å². The normalized spacial score (nSPS) is 17.6. The molecule has 0 bridgehead atoms. The van der Waals surface area contributed by atoms with Gasteiger partial charge in [-0.3, -0.25) is 9.69 Å². The van der Waals surface area contributed by atoms with Crippen LogP contribution in [0.15, 0.2) is 53.7 Å². The highest BCUT2D eigenvalue weighted by Crippen LogP contribution is 2.29. The molecule has 0 aliphatic carbocycles. The fraction of sp³-hybridized carbons (Fsp3) is 0.500. The molecule has 11 heteroatoms. The van der Waals surface area contributed by atoms with Gasteiger partial charge in [0.05, 0.1) is 5.56 Å². The molecule has 39 heavy (non-hydrogen) atoms. The summed E-state index contributed by atoms with van der Waals surface area (Å²) >= 11 is 1.91. The molecule has 2 aliphatic rings. The van der Waals surface area contributed by atoms with Crippen LogP contribution in [0, 0.1) is 5.92 Å². The van der Waals surface area contributed by atoms with Gasteiger partial charge in [0, 0.05) is 56.5 Å². The van der Waals surface area contributed by atoms with Crippen molar-refractivity contribution in [2.45, 2.75) is 25.6 Å². The summed E-state index contributed by atoms with van der Waals surface area (Å²) in [4.78, 5) is 20.1. The summed E-state index contributed by atoms with van der Waals surface area (Å²) in [7, 11) is 0. The molecule has 0 radical (unpaired) electrons. The molecule has 0 unspecified atom stereocenters. The van der Waals surface area contributed by atoms with Crippen LogP contribution in [-0.2, 0) is 27.2 Å². The summed E-state index contributed by atoms with van der Waals surface area (Å²) in [5, 5.41) is 7.29. The number of amides is 1. The Morgan fingerprint density at radius 2 is 1.74 bits per heavy atom. The molecule has 1 amide bonds. The first kappa shape index (κ1) is 29.2. The number of thioether (sulfide) groups is 1. The van der Waals surface area contributed by atoms with E-state index in [2.05, 4.69) is 15.4 Å². The van der Waals surface area contributed by atoms with Gasteiger partial charge in [0.1, 0.15) is 18.1 Å². The van der Waals surface area contributed by atoms with Gasteiger partial charge in [0.25, 0.3) is 5.91 Å². The predicted octanol–water partition coefficient (Wildman–Crippen LogP) is 4.60. The van der Waals surface area contributed by atoms with E-state index in [1.807, 2.05) is 23.9 Å². The first-order chi connectivity index (χ1) is 18.9. The van der Waals surface area contributed by atoms with Gasteiger partial charge >= 0.3 is 6.18 Å². The number of hydrogen-bond donors (Lipinski definition) is 1. The summed E-state index contributed by atoms with van der Waals surface area (Å²) in [6.07, 6.45) is -2.46. The third kappa shape index (κ3) is 9.74. The predicted molar refractivity (Wildman–Crippen MR) is 145 cm³/mol. The Labute approximate surface area is 231 Å². The monoisotopic (exact) mass is 565 g/mol. The number of benzene rings is 2. The van der Waals surface area contributed by atoms with Gasteiger partial charge in [-0.1, -0.05) is 17.3 Å². The lowest BCUT2D eigenvalue weighted by atomic mass is 10.0. The SMILES string of the molecule is O=C(COc1ccc(/C(CN2CCSCC2)=N/OCc2ccc(C(F)(F)F)cc2)cc1)NCC1CCOCC1. The van der Waals surface area contributed by atoms with Crippen LogP contribution in [0.5, 0.6) is 5.75 Å². The Hall–Kier alpha value is -2.76. The van der Waals surface area contributed by atoms with Crippen molar-refractivity contribution in [1.29, 1.82) is 0 Å². The molecule has 1 N–H and O–H groups in total. The van der Waals surface area contributed by atoms with Crippen LogP contribution in [0.2, 0.25) is 0 Å². The highest BCUT2D eigenvalue weighted by molar-refractivity contribution is 7.99. The second-order valence-electron chi connectivity index (χ2n) is 9.57. The van der Waals surface area contributed by atoms with Gasteiger partial charge in [-0.25, -0.2) is 0 Å². The van der Waals surface area contributed by atoms with E-state index < -0.39 is 11.7 Å². The van der Waals surface area contributed by atoms with Crippen LogP contribution in [0.3, 0.4) is 0 Å². The molecule has 0 spiro atoms. The lowest BCUT2D eigenvalue weighted by molar-refractivity contribution is -0.137. The Kier molecular flexibility index (Phi) is 10.9. The quantitative estimate of drug-likeness (QED) is 0.317. The maximum absolute atomic E-state index is 12.8. The van der Waals surface area contributed by atoms with Crippen molar-refractivity contribution < 1.29 is 32.3 Å².